The summed E-state index contributed by atoms with van der Waals surface area (Å²) in [4.78, 5) is 61.2. The summed E-state index contributed by atoms with van der Waals surface area (Å²) in [6.07, 6.45) is 1.68. The van der Waals surface area contributed by atoms with Crippen molar-refractivity contribution in [3.8, 4) is 0 Å². The van der Waals surface area contributed by atoms with E-state index in [0.717, 1.165) is 0 Å². The second kappa shape index (κ2) is 21.3. The number of urea groups is 2. The van der Waals surface area contributed by atoms with Crippen LogP contribution in [-0.4, -0.2) is 59.5 Å². The molecule has 1 aromatic carbocycles. The van der Waals surface area contributed by atoms with Crippen LogP contribution in [0.2, 0.25) is 0 Å². The Kier molecular flexibility index (Phi) is 20.2. The average molecular weight is 469 g/mol. The van der Waals surface area contributed by atoms with E-state index in [1.165, 1.54) is 0 Å². The molecule has 4 amide bonds. The molecule has 33 heavy (non-hydrogen) atoms. The van der Waals surface area contributed by atoms with Crippen molar-refractivity contribution in [2.45, 2.75) is 52.0 Å². The van der Waals surface area contributed by atoms with Crippen LogP contribution in [0.25, 0.3) is 0 Å². The minimum absolute atomic E-state index is 0.0759. The summed E-state index contributed by atoms with van der Waals surface area (Å²) < 4.78 is 0. The number of carbonyl (C=O) groups excluding carboxylic acids is 4. The lowest BCUT2D eigenvalue weighted by Crippen LogP contribution is -2.46. The number of unbranched alkanes of at least 4 members (excludes halogenated alkanes) is 1. The van der Waals surface area contributed by atoms with Gasteiger partial charge in [-0.1, -0.05) is 32.0 Å². The Balaban J connectivity index is 0. The van der Waals surface area contributed by atoms with Gasteiger partial charge in [0.15, 0.2) is 0 Å². The number of hydrogen-bond acceptors (Lipinski definition) is 6. The molecule has 1 unspecified atom stereocenters. The fourth-order valence-corrected chi connectivity index (χ4v) is 2.28. The van der Waals surface area contributed by atoms with Gasteiger partial charge in [-0.3, -0.25) is 4.79 Å². The summed E-state index contributed by atoms with van der Waals surface area (Å²) in [5, 5.41) is 27.8. The van der Waals surface area contributed by atoms with Gasteiger partial charge in [-0.2, -0.15) is 9.59 Å². The van der Waals surface area contributed by atoms with Crippen LogP contribution in [0.5, 0.6) is 0 Å². The summed E-state index contributed by atoms with van der Waals surface area (Å²) in [7, 11) is 0. The number of aliphatic carboxylic acids is 2. The van der Waals surface area contributed by atoms with Gasteiger partial charge in [0.25, 0.3) is 0 Å². The molecule has 6 N–H and O–H groups in total. The van der Waals surface area contributed by atoms with Crippen molar-refractivity contribution in [1.29, 1.82) is 0 Å². The number of benzene rings is 1. The summed E-state index contributed by atoms with van der Waals surface area (Å²) in [6.45, 7) is 4.51. The number of para-hydroxylation sites is 1. The number of carbonyl (C=O) groups is 4. The van der Waals surface area contributed by atoms with Crippen LogP contribution in [0, 0.1) is 0 Å². The Morgan fingerprint density at radius 3 is 1.97 bits per heavy atom. The first-order valence-electron chi connectivity index (χ1n) is 10.4. The second-order valence-electron chi connectivity index (χ2n) is 6.11. The quantitative estimate of drug-likeness (QED) is 0.251. The van der Waals surface area contributed by atoms with Crippen LogP contribution in [-0.2, 0) is 19.2 Å². The molecule has 0 aliphatic heterocycles. The van der Waals surface area contributed by atoms with Gasteiger partial charge < -0.3 is 31.5 Å². The largest absolute Gasteiger partial charge is 0.481 e. The molecule has 0 aromatic heterocycles. The van der Waals surface area contributed by atoms with Gasteiger partial charge >= 0.3 is 30.2 Å². The molecule has 0 heterocycles. The maximum absolute atomic E-state index is 11.7. The van der Waals surface area contributed by atoms with Crippen LogP contribution < -0.4 is 21.3 Å². The number of carboxylic acid groups (broad SMARTS) is 2. The number of anilines is 1. The average Bonchev–Trinajstić information content (AvgIpc) is 2.78. The predicted octanol–water partition coefficient (Wildman–Crippen LogP) is 2.04. The minimum Gasteiger partial charge on any atom is -0.481 e. The first-order valence-corrected chi connectivity index (χ1v) is 10.4. The van der Waals surface area contributed by atoms with Crippen molar-refractivity contribution in [2.75, 3.05) is 18.4 Å². The zero-order valence-corrected chi connectivity index (χ0v) is 18.8. The first kappa shape index (κ1) is 31.3. The van der Waals surface area contributed by atoms with Gasteiger partial charge in [-0.15, -0.1) is 0 Å². The summed E-state index contributed by atoms with van der Waals surface area (Å²) in [6, 6.07) is 6.90. The molecule has 1 atom stereocenters. The number of rotatable bonds is 12. The molecular formula is C21H32N4O8. The van der Waals surface area contributed by atoms with E-state index in [2.05, 4.69) is 21.3 Å². The van der Waals surface area contributed by atoms with Crippen molar-refractivity contribution in [3.05, 3.63) is 30.3 Å². The van der Waals surface area contributed by atoms with Gasteiger partial charge in [0.2, 0.25) is 0 Å². The molecule has 0 aliphatic rings. The second-order valence-corrected chi connectivity index (χ2v) is 6.11. The lowest BCUT2D eigenvalue weighted by atomic mass is 10.1. The zero-order valence-electron chi connectivity index (χ0n) is 18.8. The van der Waals surface area contributed by atoms with Crippen molar-refractivity contribution in [2.24, 2.45) is 0 Å². The van der Waals surface area contributed by atoms with E-state index < -0.39 is 24.0 Å². The van der Waals surface area contributed by atoms with Gasteiger partial charge in [-0.25, -0.2) is 14.4 Å². The molecule has 0 radical (unpaired) electrons. The first-order chi connectivity index (χ1) is 15.8. The molecule has 0 fully saturated rings. The number of hydrogen-bond donors (Lipinski definition) is 6. The molecule has 0 spiro atoms. The summed E-state index contributed by atoms with van der Waals surface area (Å²) in [5.41, 5.74) is 0.671. The van der Waals surface area contributed by atoms with E-state index in [1.54, 1.807) is 24.3 Å². The molecule has 184 valence electrons. The van der Waals surface area contributed by atoms with E-state index >= 15 is 0 Å². The molecule has 12 nitrogen and oxygen atoms in total. The normalized spacial score (nSPS) is 9.88. The molecule has 1 rings (SSSR count). The maximum Gasteiger partial charge on any atom is 0.373 e. The van der Waals surface area contributed by atoms with Crippen LogP contribution in [0.3, 0.4) is 0 Å². The van der Waals surface area contributed by atoms with E-state index in [9.17, 15) is 24.3 Å². The number of nitrogens with one attached hydrogen (secondary N) is 4. The number of carboxylic acids is 2. The van der Waals surface area contributed by atoms with Crippen molar-refractivity contribution in [3.63, 3.8) is 0 Å². The van der Waals surface area contributed by atoms with Crippen LogP contribution in [0.15, 0.2) is 30.3 Å². The molecule has 0 saturated heterocycles. The summed E-state index contributed by atoms with van der Waals surface area (Å²) in [5.74, 6) is -2.12. The molecule has 0 saturated carbocycles. The lowest BCUT2D eigenvalue weighted by molar-refractivity contribution is -0.191. The SMILES string of the molecule is CC.O=C(O)CCCNC(=O)NC(CCCCNC(=O)Nc1ccccc1)C(=O)O.O=C=O. The molecule has 0 aliphatic carbocycles. The molecular weight excluding hydrogens is 436 g/mol. The third-order valence-electron chi connectivity index (χ3n) is 3.69. The topological polar surface area (TPSA) is 191 Å². The maximum atomic E-state index is 11.7. The van der Waals surface area contributed by atoms with Gasteiger partial charge in [0, 0.05) is 25.2 Å². The van der Waals surface area contributed by atoms with E-state index in [1.807, 2.05) is 19.9 Å². The highest BCUT2D eigenvalue weighted by molar-refractivity contribution is 5.89. The molecule has 1 aromatic rings. The third kappa shape index (κ3) is 19.8. The Morgan fingerprint density at radius 1 is 0.879 bits per heavy atom. The highest BCUT2D eigenvalue weighted by atomic mass is 16.4. The van der Waals surface area contributed by atoms with Gasteiger partial charge in [0.05, 0.1) is 0 Å². The van der Waals surface area contributed by atoms with E-state index in [-0.39, 0.29) is 38.0 Å². The van der Waals surface area contributed by atoms with E-state index in [4.69, 9.17) is 14.7 Å². The molecule has 0 bridgehead atoms. The highest BCUT2D eigenvalue weighted by Gasteiger charge is 2.19. The smallest absolute Gasteiger partial charge is 0.373 e. The fourth-order valence-electron chi connectivity index (χ4n) is 2.28. The lowest BCUT2D eigenvalue weighted by Gasteiger charge is -2.15. The van der Waals surface area contributed by atoms with Crippen LogP contribution in [0.1, 0.15) is 46.0 Å². The van der Waals surface area contributed by atoms with Crippen molar-refractivity contribution >= 4 is 35.8 Å². The monoisotopic (exact) mass is 468 g/mol. The Hall–Kier alpha value is -3.92. The fraction of sp³-hybridized carbons (Fsp3) is 0.476. The van der Waals surface area contributed by atoms with Crippen molar-refractivity contribution in [1.82, 2.24) is 16.0 Å². The third-order valence-corrected chi connectivity index (χ3v) is 3.69. The standard InChI is InChI=1S/C18H26N4O6.C2H6.CO2/c23-15(24)10-6-12-20-18(28)22-14(16(25)26)9-4-5-11-19-17(27)21-13-7-2-1-3-8-13;1-2;2-1-3/h1-3,7-8,14H,4-6,9-12H2,(H,23,24)(H,25,26)(H2,19,21,27)(H2,20,22,28);1-2H3;. The van der Waals surface area contributed by atoms with Crippen LogP contribution in [0.4, 0.5) is 15.3 Å². The Bertz CT molecular complexity index is 737. The van der Waals surface area contributed by atoms with E-state index in [0.29, 0.717) is 25.1 Å². The minimum atomic E-state index is -1.16. The zero-order chi connectivity index (χ0) is 25.5. The predicted molar refractivity (Wildman–Crippen MR) is 118 cm³/mol. The van der Waals surface area contributed by atoms with Gasteiger partial charge in [0.1, 0.15) is 6.04 Å². The highest BCUT2D eigenvalue weighted by Crippen LogP contribution is 2.05. The number of amides is 4. The van der Waals surface area contributed by atoms with Crippen LogP contribution >= 0.6 is 0 Å². The van der Waals surface area contributed by atoms with Crippen molar-refractivity contribution < 1.29 is 39.0 Å². The summed E-state index contributed by atoms with van der Waals surface area (Å²) >= 11 is 0. The Morgan fingerprint density at radius 2 is 1.42 bits per heavy atom. The van der Waals surface area contributed by atoms with Gasteiger partial charge in [-0.05, 0) is 37.8 Å². The Labute approximate surface area is 192 Å². The molecule has 12 heteroatoms.